The van der Waals surface area contributed by atoms with Gasteiger partial charge in [0.25, 0.3) is 0 Å². The molecule has 1 heterocycles. The minimum atomic E-state index is 0.861. The van der Waals surface area contributed by atoms with Crippen molar-refractivity contribution in [3.63, 3.8) is 0 Å². The number of nitrogens with one attached hydrogen (secondary N) is 1. The Kier molecular flexibility index (Phi) is 3.69. The van der Waals surface area contributed by atoms with Crippen molar-refractivity contribution in [1.82, 2.24) is 9.97 Å². The zero-order valence-electron chi connectivity index (χ0n) is 10.5. The Labute approximate surface area is 124 Å². The molecule has 0 bridgehead atoms. The van der Waals surface area contributed by atoms with Crippen molar-refractivity contribution < 1.29 is 0 Å². The summed E-state index contributed by atoms with van der Waals surface area (Å²) in [4.78, 5) is 8.50. The Balaban J connectivity index is 1.75. The molecule has 0 amide bonds. The van der Waals surface area contributed by atoms with E-state index in [1.165, 1.54) is 0 Å². The van der Waals surface area contributed by atoms with Crippen LogP contribution in [-0.4, -0.2) is 16.2 Å². The van der Waals surface area contributed by atoms with E-state index in [2.05, 4.69) is 36.4 Å². The van der Waals surface area contributed by atoms with E-state index < -0.39 is 0 Å². The third kappa shape index (κ3) is 3.00. The van der Waals surface area contributed by atoms with Crippen LogP contribution >= 0.6 is 15.9 Å². The van der Waals surface area contributed by atoms with E-state index in [1.807, 2.05) is 42.5 Å². The lowest BCUT2D eigenvalue weighted by molar-refractivity contribution is 1.29. The maximum atomic E-state index is 4.27. The zero-order valence-corrected chi connectivity index (χ0v) is 12.1. The molecule has 3 aromatic rings. The van der Waals surface area contributed by atoms with Crippen LogP contribution in [-0.2, 0) is 0 Å². The van der Waals surface area contributed by atoms with Crippen LogP contribution in [0.4, 0.5) is 5.69 Å². The van der Waals surface area contributed by atoms with Crippen LogP contribution in [0.2, 0.25) is 0 Å². The van der Waals surface area contributed by atoms with E-state index in [0.29, 0.717) is 0 Å². The van der Waals surface area contributed by atoms with Crippen molar-refractivity contribution in [3.05, 3.63) is 64.9 Å². The highest BCUT2D eigenvalue weighted by atomic mass is 79.9. The molecule has 1 N–H and O–H groups in total. The number of halogens is 1. The number of hydrogen-bond acceptors (Lipinski definition) is 4. The van der Waals surface area contributed by atoms with Crippen LogP contribution in [0.1, 0.15) is 5.56 Å². The standard InChI is InChI=1S/C15H11BrN4/c16-12-2-4-13(5-3-12)20-19-10-11-1-6-14-15(9-11)18-8-7-17-14/h1-10,20H/b19-10+. The van der Waals surface area contributed by atoms with Crippen LogP contribution in [0, 0.1) is 0 Å². The molecule has 0 unspecified atom stereocenters. The number of rotatable bonds is 3. The van der Waals surface area contributed by atoms with Gasteiger partial charge in [-0.3, -0.25) is 15.4 Å². The van der Waals surface area contributed by atoms with Crippen molar-refractivity contribution in [2.24, 2.45) is 5.10 Å². The summed E-state index contributed by atoms with van der Waals surface area (Å²) in [5, 5.41) is 4.21. The van der Waals surface area contributed by atoms with Crippen LogP contribution < -0.4 is 5.43 Å². The highest BCUT2D eigenvalue weighted by Crippen LogP contribution is 2.14. The molecule has 0 fully saturated rings. The number of hydrazone groups is 1. The van der Waals surface area contributed by atoms with Gasteiger partial charge in [-0.1, -0.05) is 22.0 Å². The molecule has 2 aromatic carbocycles. The lowest BCUT2D eigenvalue weighted by Crippen LogP contribution is -1.91. The summed E-state index contributed by atoms with van der Waals surface area (Å²) < 4.78 is 1.04. The molecule has 1 aromatic heterocycles. The summed E-state index contributed by atoms with van der Waals surface area (Å²) in [5.74, 6) is 0. The Morgan fingerprint density at radius 3 is 2.50 bits per heavy atom. The van der Waals surface area contributed by atoms with Crippen LogP contribution in [0.25, 0.3) is 11.0 Å². The van der Waals surface area contributed by atoms with Crippen molar-refractivity contribution >= 4 is 38.9 Å². The molecule has 0 aliphatic carbocycles. The molecule has 0 spiro atoms. The van der Waals surface area contributed by atoms with E-state index in [-0.39, 0.29) is 0 Å². The number of hydrogen-bond donors (Lipinski definition) is 1. The van der Waals surface area contributed by atoms with Crippen LogP contribution in [0.15, 0.2) is 64.4 Å². The number of nitrogens with zero attached hydrogens (tertiary/aromatic N) is 3. The van der Waals surface area contributed by atoms with Gasteiger partial charge < -0.3 is 0 Å². The van der Waals surface area contributed by atoms with Crippen LogP contribution in [0.3, 0.4) is 0 Å². The first-order valence-electron chi connectivity index (χ1n) is 6.07. The van der Waals surface area contributed by atoms with Crippen LogP contribution in [0.5, 0.6) is 0 Å². The van der Waals surface area contributed by atoms with Gasteiger partial charge in [0.15, 0.2) is 0 Å². The second-order valence-electron chi connectivity index (χ2n) is 4.18. The normalized spacial score (nSPS) is 11.1. The first kappa shape index (κ1) is 12.7. The largest absolute Gasteiger partial charge is 0.279 e. The second-order valence-corrected chi connectivity index (χ2v) is 5.10. The fraction of sp³-hybridized carbons (Fsp3) is 0. The SMILES string of the molecule is Brc1ccc(N/N=C/c2ccc3nccnc3c2)cc1. The lowest BCUT2D eigenvalue weighted by atomic mass is 10.2. The van der Waals surface area contributed by atoms with Gasteiger partial charge in [-0.25, -0.2) is 0 Å². The van der Waals surface area contributed by atoms with Gasteiger partial charge in [0.2, 0.25) is 0 Å². The minimum absolute atomic E-state index is 0.861. The van der Waals surface area contributed by atoms with E-state index in [1.54, 1.807) is 18.6 Å². The van der Waals surface area contributed by atoms with Crippen molar-refractivity contribution in [3.8, 4) is 0 Å². The zero-order chi connectivity index (χ0) is 13.8. The monoisotopic (exact) mass is 326 g/mol. The Morgan fingerprint density at radius 2 is 1.70 bits per heavy atom. The summed E-state index contributed by atoms with van der Waals surface area (Å²) >= 11 is 3.39. The van der Waals surface area contributed by atoms with Crippen molar-refractivity contribution in [2.45, 2.75) is 0 Å². The van der Waals surface area contributed by atoms with E-state index in [4.69, 9.17) is 0 Å². The van der Waals surface area contributed by atoms with Gasteiger partial charge in [-0.2, -0.15) is 5.10 Å². The quantitative estimate of drug-likeness (QED) is 0.587. The van der Waals surface area contributed by atoms with E-state index >= 15 is 0 Å². The lowest BCUT2D eigenvalue weighted by Gasteiger charge is -2.00. The highest BCUT2D eigenvalue weighted by Gasteiger charge is 1.96. The van der Waals surface area contributed by atoms with Gasteiger partial charge >= 0.3 is 0 Å². The van der Waals surface area contributed by atoms with Gasteiger partial charge in [0.05, 0.1) is 22.9 Å². The number of anilines is 1. The van der Waals surface area contributed by atoms with Gasteiger partial charge in [-0.15, -0.1) is 0 Å². The molecule has 0 saturated carbocycles. The predicted octanol–water partition coefficient (Wildman–Crippen LogP) is 3.84. The van der Waals surface area contributed by atoms with Crippen molar-refractivity contribution in [1.29, 1.82) is 0 Å². The van der Waals surface area contributed by atoms with E-state index in [9.17, 15) is 0 Å². The minimum Gasteiger partial charge on any atom is -0.279 e. The van der Waals surface area contributed by atoms with Gasteiger partial charge in [0, 0.05) is 16.9 Å². The Bertz CT molecular complexity index is 753. The highest BCUT2D eigenvalue weighted by molar-refractivity contribution is 9.10. The predicted molar refractivity (Wildman–Crippen MR) is 84.9 cm³/mol. The Hall–Kier alpha value is -2.27. The maximum absolute atomic E-state index is 4.27. The average Bonchev–Trinajstić information content (AvgIpc) is 2.49. The average molecular weight is 327 g/mol. The molecule has 0 saturated heterocycles. The molecule has 0 radical (unpaired) electrons. The molecular formula is C15H11BrN4. The molecule has 5 heteroatoms. The number of aromatic nitrogens is 2. The molecular weight excluding hydrogens is 316 g/mol. The topological polar surface area (TPSA) is 50.2 Å². The van der Waals surface area contributed by atoms with E-state index in [0.717, 1.165) is 26.8 Å². The summed E-state index contributed by atoms with van der Waals surface area (Å²) in [6, 6.07) is 13.7. The first-order valence-corrected chi connectivity index (χ1v) is 6.86. The molecule has 4 nitrogen and oxygen atoms in total. The smallest absolute Gasteiger partial charge is 0.0893 e. The number of fused-ring (bicyclic) bond motifs is 1. The fourth-order valence-electron chi connectivity index (χ4n) is 1.77. The summed E-state index contributed by atoms with van der Waals surface area (Å²) in [5.41, 5.74) is 6.63. The number of benzene rings is 2. The molecule has 0 aliphatic heterocycles. The third-order valence-corrected chi connectivity index (χ3v) is 3.27. The molecule has 98 valence electrons. The molecule has 0 aliphatic rings. The summed E-state index contributed by atoms with van der Waals surface area (Å²) in [6.45, 7) is 0. The summed E-state index contributed by atoms with van der Waals surface area (Å²) in [6.07, 6.45) is 5.13. The summed E-state index contributed by atoms with van der Waals surface area (Å²) in [7, 11) is 0. The van der Waals surface area contributed by atoms with Gasteiger partial charge in [0.1, 0.15) is 0 Å². The molecule has 3 rings (SSSR count). The Morgan fingerprint density at radius 1 is 0.950 bits per heavy atom. The molecule has 20 heavy (non-hydrogen) atoms. The maximum Gasteiger partial charge on any atom is 0.0893 e. The third-order valence-electron chi connectivity index (χ3n) is 2.74. The second kappa shape index (κ2) is 5.79. The fourth-order valence-corrected chi connectivity index (χ4v) is 2.03. The van der Waals surface area contributed by atoms with Crippen molar-refractivity contribution in [2.75, 3.05) is 5.43 Å². The van der Waals surface area contributed by atoms with Gasteiger partial charge in [-0.05, 0) is 42.0 Å². The first-order chi connectivity index (χ1) is 9.81. The molecule has 0 atom stereocenters.